The van der Waals surface area contributed by atoms with Crippen LogP contribution in [0.5, 0.6) is 0 Å². The summed E-state index contributed by atoms with van der Waals surface area (Å²) in [5.41, 5.74) is 0. The second-order valence-electron chi connectivity index (χ2n) is 2.99. The molecule has 0 aliphatic carbocycles. The quantitative estimate of drug-likeness (QED) is 0.790. The molecule has 0 aliphatic heterocycles. The number of nitrogens with one attached hydrogen (secondary N) is 1. The van der Waals surface area contributed by atoms with Crippen molar-refractivity contribution in [3.63, 3.8) is 0 Å². The highest BCUT2D eigenvalue weighted by Crippen LogP contribution is 2.15. The second kappa shape index (κ2) is 3.84. The first-order chi connectivity index (χ1) is 6.81. The van der Waals surface area contributed by atoms with E-state index in [1.54, 1.807) is 22.9 Å². The Morgan fingerprint density at radius 1 is 1.57 bits per heavy atom. The fourth-order valence-corrected chi connectivity index (χ4v) is 1.45. The smallest absolute Gasteiger partial charge is 0.236 e. The Labute approximate surface area is 86.9 Å². The normalized spacial score (nSPS) is 10.7. The van der Waals surface area contributed by atoms with Gasteiger partial charge in [-0.15, -0.1) is 0 Å². The molecule has 0 amide bonds. The lowest BCUT2D eigenvalue weighted by atomic mass is 10.4. The fraction of sp³-hybridized carbons (Fsp3) is 0.333. The van der Waals surface area contributed by atoms with Crippen LogP contribution in [0.3, 0.4) is 0 Å². The largest absolute Gasteiger partial charge is 0.370 e. The van der Waals surface area contributed by atoms with Crippen LogP contribution in [0.4, 0.5) is 5.82 Å². The molecule has 0 spiro atoms. The maximum Gasteiger partial charge on any atom is 0.236 e. The lowest BCUT2D eigenvalue weighted by Gasteiger charge is -2.04. The molecule has 0 aliphatic rings. The predicted octanol–water partition coefficient (Wildman–Crippen LogP) is 2.20. The van der Waals surface area contributed by atoms with Gasteiger partial charge in [0.2, 0.25) is 5.78 Å². The molecule has 2 heterocycles. The molecule has 1 N–H and O–H groups in total. The molecule has 0 unspecified atom stereocenters. The van der Waals surface area contributed by atoms with E-state index in [4.69, 9.17) is 11.6 Å². The number of rotatable bonds is 3. The Morgan fingerprint density at radius 2 is 2.43 bits per heavy atom. The van der Waals surface area contributed by atoms with Crippen LogP contribution in [0.1, 0.15) is 13.3 Å². The van der Waals surface area contributed by atoms with Gasteiger partial charge >= 0.3 is 0 Å². The van der Waals surface area contributed by atoms with Gasteiger partial charge in [-0.3, -0.25) is 4.40 Å². The third-order valence-electron chi connectivity index (χ3n) is 1.88. The molecule has 4 nitrogen and oxygen atoms in total. The van der Waals surface area contributed by atoms with Gasteiger partial charge in [0.25, 0.3) is 0 Å². The average Bonchev–Trinajstić information content (AvgIpc) is 2.63. The van der Waals surface area contributed by atoms with E-state index in [0.29, 0.717) is 10.9 Å². The molecule has 74 valence electrons. The summed E-state index contributed by atoms with van der Waals surface area (Å²) >= 11 is 6.03. The van der Waals surface area contributed by atoms with Crippen LogP contribution in [0.15, 0.2) is 18.5 Å². The van der Waals surface area contributed by atoms with Gasteiger partial charge in [-0.2, -0.15) is 4.98 Å². The Bertz CT molecular complexity index is 437. The maximum atomic E-state index is 6.03. The van der Waals surface area contributed by atoms with Crippen LogP contribution in [-0.2, 0) is 0 Å². The van der Waals surface area contributed by atoms with Crippen LogP contribution in [0.25, 0.3) is 5.78 Å². The molecule has 2 aromatic rings. The molecule has 0 aromatic carbocycles. The van der Waals surface area contributed by atoms with Crippen molar-refractivity contribution in [2.45, 2.75) is 13.3 Å². The van der Waals surface area contributed by atoms with E-state index in [0.717, 1.165) is 18.8 Å². The van der Waals surface area contributed by atoms with Crippen LogP contribution >= 0.6 is 11.6 Å². The second-order valence-corrected chi connectivity index (χ2v) is 3.38. The first-order valence-electron chi connectivity index (χ1n) is 4.54. The Balaban J connectivity index is 2.38. The SMILES string of the molecule is CCCNc1cc(Cl)n2ccnc2n1. The van der Waals surface area contributed by atoms with Crippen molar-refractivity contribution in [3.05, 3.63) is 23.6 Å². The molecular weight excluding hydrogens is 200 g/mol. The Morgan fingerprint density at radius 3 is 3.21 bits per heavy atom. The summed E-state index contributed by atoms with van der Waals surface area (Å²) in [6.45, 7) is 2.99. The minimum atomic E-state index is 0.617. The van der Waals surface area contributed by atoms with Gasteiger partial charge in [0.05, 0.1) is 0 Å². The van der Waals surface area contributed by atoms with E-state index in [-0.39, 0.29) is 0 Å². The van der Waals surface area contributed by atoms with E-state index in [9.17, 15) is 0 Å². The number of hydrogen-bond acceptors (Lipinski definition) is 3. The lowest BCUT2D eigenvalue weighted by molar-refractivity contribution is 0.964. The summed E-state index contributed by atoms with van der Waals surface area (Å²) in [6.07, 6.45) is 4.52. The summed E-state index contributed by atoms with van der Waals surface area (Å²) in [7, 11) is 0. The number of nitrogens with zero attached hydrogens (tertiary/aromatic N) is 3. The molecule has 0 saturated carbocycles. The van der Waals surface area contributed by atoms with Gasteiger partial charge in [-0.1, -0.05) is 18.5 Å². The van der Waals surface area contributed by atoms with Crippen molar-refractivity contribution in [2.75, 3.05) is 11.9 Å². The molecule has 0 fully saturated rings. The van der Waals surface area contributed by atoms with Crippen molar-refractivity contribution in [1.82, 2.24) is 14.4 Å². The summed E-state index contributed by atoms with van der Waals surface area (Å²) in [4.78, 5) is 8.37. The number of imidazole rings is 1. The van der Waals surface area contributed by atoms with Crippen LogP contribution < -0.4 is 5.32 Å². The predicted molar refractivity (Wildman–Crippen MR) is 56.8 cm³/mol. The van der Waals surface area contributed by atoms with E-state index in [1.165, 1.54) is 0 Å². The zero-order chi connectivity index (χ0) is 9.97. The van der Waals surface area contributed by atoms with Crippen molar-refractivity contribution in [1.29, 1.82) is 0 Å². The summed E-state index contributed by atoms with van der Waals surface area (Å²) in [5.74, 6) is 1.40. The third-order valence-corrected chi connectivity index (χ3v) is 2.17. The Kier molecular flexibility index (Phi) is 2.54. The molecule has 0 bridgehead atoms. The zero-order valence-corrected chi connectivity index (χ0v) is 8.62. The number of anilines is 1. The molecule has 2 aromatic heterocycles. The highest BCUT2D eigenvalue weighted by Gasteiger charge is 2.02. The van der Waals surface area contributed by atoms with E-state index in [2.05, 4.69) is 22.2 Å². The standard InChI is InChI=1S/C9H11ClN4/c1-2-3-11-8-6-7(10)14-5-4-12-9(14)13-8/h4-6H,2-3H2,1H3,(H,11,12,13). The summed E-state index contributed by atoms with van der Waals surface area (Å²) < 4.78 is 1.73. The van der Waals surface area contributed by atoms with Gasteiger partial charge in [0, 0.05) is 25.0 Å². The van der Waals surface area contributed by atoms with Gasteiger partial charge in [-0.05, 0) is 6.42 Å². The highest BCUT2D eigenvalue weighted by atomic mass is 35.5. The van der Waals surface area contributed by atoms with Crippen molar-refractivity contribution < 1.29 is 0 Å². The topological polar surface area (TPSA) is 42.2 Å². The minimum Gasteiger partial charge on any atom is -0.370 e. The summed E-state index contributed by atoms with van der Waals surface area (Å²) in [5, 5.41) is 3.78. The van der Waals surface area contributed by atoms with Crippen LogP contribution in [0.2, 0.25) is 5.15 Å². The average molecular weight is 211 g/mol. The molecule has 5 heteroatoms. The molecule has 0 atom stereocenters. The highest BCUT2D eigenvalue weighted by molar-refractivity contribution is 6.30. The van der Waals surface area contributed by atoms with Crippen molar-refractivity contribution in [3.8, 4) is 0 Å². The molecule has 2 rings (SSSR count). The number of halogens is 1. The van der Waals surface area contributed by atoms with Gasteiger partial charge in [0.15, 0.2) is 0 Å². The molecule has 0 saturated heterocycles. The number of hydrogen-bond donors (Lipinski definition) is 1. The fourth-order valence-electron chi connectivity index (χ4n) is 1.21. The molecular formula is C9H11ClN4. The summed E-state index contributed by atoms with van der Waals surface area (Å²) in [6, 6.07) is 1.80. The van der Waals surface area contributed by atoms with Gasteiger partial charge in [0.1, 0.15) is 11.0 Å². The number of aromatic nitrogens is 3. The lowest BCUT2D eigenvalue weighted by Crippen LogP contribution is -2.03. The van der Waals surface area contributed by atoms with Crippen LogP contribution in [-0.4, -0.2) is 20.9 Å². The number of fused-ring (bicyclic) bond motifs is 1. The first-order valence-corrected chi connectivity index (χ1v) is 4.92. The first kappa shape index (κ1) is 9.27. The maximum absolute atomic E-state index is 6.03. The van der Waals surface area contributed by atoms with Gasteiger partial charge in [-0.25, -0.2) is 4.98 Å². The van der Waals surface area contributed by atoms with E-state index < -0.39 is 0 Å². The van der Waals surface area contributed by atoms with Crippen molar-refractivity contribution >= 4 is 23.2 Å². The minimum absolute atomic E-state index is 0.617. The molecule has 14 heavy (non-hydrogen) atoms. The zero-order valence-electron chi connectivity index (χ0n) is 7.87. The van der Waals surface area contributed by atoms with E-state index >= 15 is 0 Å². The monoisotopic (exact) mass is 210 g/mol. The third kappa shape index (κ3) is 1.65. The van der Waals surface area contributed by atoms with Crippen molar-refractivity contribution in [2.24, 2.45) is 0 Å². The van der Waals surface area contributed by atoms with Gasteiger partial charge < -0.3 is 5.32 Å². The Hall–Kier alpha value is -1.29. The molecule has 0 radical (unpaired) electrons. The van der Waals surface area contributed by atoms with Crippen LogP contribution in [0, 0.1) is 0 Å². The van der Waals surface area contributed by atoms with E-state index in [1.807, 2.05) is 0 Å².